The van der Waals surface area contributed by atoms with E-state index >= 15 is 0 Å². The number of carbonyl (C=O) groups excluding carboxylic acids is 1. The minimum absolute atomic E-state index is 0.256. The van der Waals surface area contributed by atoms with E-state index in [1.54, 1.807) is 31.2 Å². The highest BCUT2D eigenvalue weighted by atomic mass is 28.4. The summed E-state index contributed by atoms with van der Waals surface area (Å²) >= 11 is 0. The molecule has 0 unspecified atom stereocenters. The molecule has 0 saturated carbocycles. The van der Waals surface area contributed by atoms with Gasteiger partial charge in [-0.2, -0.15) is 0 Å². The molecular weight excluding hydrogens is 314 g/mol. The second-order valence-corrected chi connectivity index (χ2v) is 10.4. The zero-order valence-corrected chi connectivity index (χ0v) is 15.1. The number of aliphatic carboxylic acids is 1. The van der Waals surface area contributed by atoms with Crippen LogP contribution in [-0.2, 0) is 14.3 Å². The molecule has 0 saturated heterocycles. The van der Waals surface area contributed by atoms with Gasteiger partial charge in [0.05, 0.1) is 7.11 Å². The van der Waals surface area contributed by atoms with Gasteiger partial charge in [0.25, 0.3) is 0 Å². The van der Waals surface area contributed by atoms with E-state index in [2.05, 4.69) is 24.4 Å². The molecule has 0 heterocycles. The van der Waals surface area contributed by atoms with Gasteiger partial charge in [-0.15, -0.1) is 0 Å². The van der Waals surface area contributed by atoms with Crippen molar-refractivity contribution in [3.63, 3.8) is 0 Å². The molecule has 0 bridgehead atoms. The summed E-state index contributed by atoms with van der Waals surface area (Å²) in [7, 11) is -0.424. The van der Waals surface area contributed by atoms with Crippen molar-refractivity contribution in [3.05, 3.63) is 36.0 Å². The zero-order chi connectivity index (χ0) is 17.6. The summed E-state index contributed by atoms with van der Waals surface area (Å²) in [6.07, 6.45) is 1.26. The second kappa shape index (κ2) is 7.82. The Hall–Kier alpha value is -2.28. The number of carboxylic acids is 1. The molecule has 1 aromatic rings. The average Bonchev–Trinajstić information content (AvgIpc) is 2.43. The number of nitrogens with zero attached hydrogens (tertiary/aromatic N) is 1. The van der Waals surface area contributed by atoms with E-state index in [9.17, 15) is 9.59 Å². The van der Waals surface area contributed by atoms with E-state index in [0.717, 1.165) is 5.75 Å². The number of hydrogen-bond acceptors (Lipinski definition) is 5. The van der Waals surface area contributed by atoms with Crippen molar-refractivity contribution in [2.75, 3.05) is 18.6 Å². The SMILES string of the molecule is COC(=O)C=C(C)N(CC(=O)O)c1ccc(O[Si](C)(C)C)cc1. The first-order valence-electron chi connectivity index (χ1n) is 7.17. The Morgan fingerprint density at radius 3 is 2.22 bits per heavy atom. The van der Waals surface area contributed by atoms with Crippen molar-refractivity contribution in [3.8, 4) is 5.75 Å². The third-order valence-corrected chi connectivity index (χ3v) is 3.67. The molecule has 1 aromatic carbocycles. The zero-order valence-electron chi connectivity index (χ0n) is 14.1. The molecule has 126 valence electrons. The first-order valence-corrected chi connectivity index (χ1v) is 10.6. The van der Waals surface area contributed by atoms with Gasteiger partial charge in [0.1, 0.15) is 12.3 Å². The summed E-state index contributed by atoms with van der Waals surface area (Å²) in [4.78, 5) is 24.0. The predicted molar refractivity (Wildman–Crippen MR) is 91.2 cm³/mol. The lowest BCUT2D eigenvalue weighted by Gasteiger charge is -2.24. The molecule has 0 aliphatic heterocycles. The Labute approximate surface area is 137 Å². The first-order chi connectivity index (χ1) is 10.6. The van der Waals surface area contributed by atoms with E-state index in [1.165, 1.54) is 18.1 Å². The van der Waals surface area contributed by atoms with Crippen LogP contribution in [0, 0.1) is 0 Å². The standard InChI is InChI=1S/C16H23NO5Si/c1-12(10-16(20)21-2)17(11-15(18)19)13-6-8-14(9-7-13)22-23(3,4)5/h6-10H,11H2,1-5H3,(H,18,19). The number of rotatable bonds is 7. The molecule has 0 fully saturated rings. The summed E-state index contributed by atoms with van der Waals surface area (Å²) in [5.74, 6) is -0.778. The predicted octanol–water partition coefficient (Wildman–Crippen LogP) is 2.87. The Balaban J connectivity index is 3.06. The van der Waals surface area contributed by atoms with E-state index < -0.39 is 20.3 Å². The molecule has 0 spiro atoms. The van der Waals surface area contributed by atoms with Crippen molar-refractivity contribution in [2.45, 2.75) is 26.6 Å². The van der Waals surface area contributed by atoms with Crippen LogP contribution in [0.1, 0.15) is 6.92 Å². The Kier molecular flexibility index (Phi) is 6.38. The van der Waals surface area contributed by atoms with E-state index in [1.807, 2.05) is 0 Å². The highest BCUT2D eigenvalue weighted by Gasteiger charge is 2.17. The van der Waals surface area contributed by atoms with E-state index in [-0.39, 0.29) is 6.54 Å². The lowest BCUT2D eigenvalue weighted by Crippen LogP contribution is -2.30. The molecule has 23 heavy (non-hydrogen) atoms. The summed E-state index contributed by atoms with van der Waals surface area (Å²) in [6, 6.07) is 7.14. The topological polar surface area (TPSA) is 76.1 Å². The Bertz CT molecular complexity index is 589. The molecule has 6 nitrogen and oxygen atoms in total. The number of allylic oxidation sites excluding steroid dienone is 1. The minimum Gasteiger partial charge on any atom is -0.544 e. The van der Waals surface area contributed by atoms with Crippen LogP contribution in [0.2, 0.25) is 19.6 Å². The quantitative estimate of drug-likeness (QED) is 0.468. The monoisotopic (exact) mass is 337 g/mol. The molecule has 1 N–H and O–H groups in total. The van der Waals surface area contributed by atoms with E-state index in [4.69, 9.17) is 9.53 Å². The maximum Gasteiger partial charge on any atom is 0.332 e. The van der Waals surface area contributed by atoms with Crippen LogP contribution < -0.4 is 9.33 Å². The highest BCUT2D eigenvalue weighted by Crippen LogP contribution is 2.24. The molecule has 0 aliphatic rings. The number of anilines is 1. The van der Waals surface area contributed by atoms with E-state index in [0.29, 0.717) is 11.4 Å². The van der Waals surface area contributed by atoms with Gasteiger partial charge in [-0.05, 0) is 50.8 Å². The minimum atomic E-state index is -1.70. The molecule has 0 radical (unpaired) electrons. The number of carbonyl (C=O) groups is 2. The van der Waals surface area contributed by atoms with Crippen LogP contribution in [0.15, 0.2) is 36.0 Å². The molecule has 0 atom stereocenters. The van der Waals surface area contributed by atoms with Crippen LogP contribution >= 0.6 is 0 Å². The first kappa shape index (κ1) is 18.8. The number of ether oxygens (including phenoxy) is 1. The number of carboxylic acid groups (broad SMARTS) is 1. The van der Waals surface area contributed by atoms with Crippen molar-refractivity contribution in [1.29, 1.82) is 0 Å². The van der Waals surface area contributed by atoms with Crippen LogP contribution in [0.5, 0.6) is 5.75 Å². The number of hydrogen-bond donors (Lipinski definition) is 1. The number of esters is 1. The molecule has 7 heteroatoms. The summed E-state index contributed by atoms with van der Waals surface area (Å²) in [6.45, 7) is 7.66. The van der Waals surface area contributed by atoms with Gasteiger partial charge in [0, 0.05) is 17.5 Å². The molecule has 0 amide bonds. The van der Waals surface area contributed by atoms with Crippen LogP contribution in [0.4, 0.5) is 5.69 Å². The van der Waals surface area contributed by atoms with Crippen LogP contribution in [-0.4, -0.2) is 39.0 Å². The van der Waals surface area contributed by atoms with Gasteiger partial charge in [0.15, 0.2) is 0 Å². The smallest absolute Gasteiger partial charge is 0.332 e. The molecule has 0 aliphatic carbocycles. The van der Waals surface area contributed by atoms with Gasteiger partial charge in [-0.3, -0.25) is 4.79 Å². The summed E-state index contributed by atoms with van der Waals surface area (Å²) in [5, 5.41) is 9.09. The third kappa shape index (κ3) is 6.56. The summed E-state index contributed by atoms with van der Waals surface area (Å²) < 4.78 is 10.5. The second-order valence-electron chi connectivity index (χ2n) is 6.00. The maximum atomic E-state index is 11.4. The number of methoxy groups -OCH3 is 1. The summed E-state index contributed by atoms with van der Waals surface area (Å²) in [5.41, 5.74) is 1.14. The highest BCUT2D eigenvalue weighted by molar-refractivity contribution is 6.70. The van der Waals surface area contributed by atoms with Crippen molar-refractivity contribution < 1.29 is 23.9 Å². The van der Waals surface area contributed by atoms with Gasteiger partial charge in [0.2, 0.25) is 8.32 Å². The molecule has 1 rings (SSSR count). The van der Waals surface area contributed by atoms with Gasteiger partial charge in [-0.1, -0.05) is 0 Å². The van der Waals surface area contributed by atoms with Crippen molar-refractivity contribution in [1.82, 2.24) is 0 Å². The van der Waals surface area contributed by atoms with Crippen LogP contribution in [0.3, 0.4) is 0 Å². The maximum absolute atomic E-state index is 11.4. The molecule has 0 aromatic heterocycles. The molecular formula is C16H23NO5Si. The lowest BCUT2D eigenvalue weighted by molar-refractivity contribution is -0.136. The van der Waals surface area contributed by atoms with Gasteiger partial charge < -0.3 is 19.2 Å². The Morgan fingerprint density at radius 1 is 1.22 bits per heavy atom. The lowest BCUT2D eigenvalue weighted by atomic mass is 10.2. The fourth-order valence-corrected chi connectivity index (χ4v) is 2.75. The fraction of sp³-hybridized carbons (Fsp3) is 0.375. The van der Waals surface area contributed by atoms with Gasteiger partial charge >= 0.3 is 11.9 Å². The normalized spacial score (nSPS) is 11.8. The van der Waals surface area contributed by atoms with Crippen molar-refractivity contribution >= 4 is 25.9 Å². The average molecular weight is 337 g/mol. The van der Waals surface area contributed by atoms with Crippen molar-refractivity contribution in [2.24, 2.45) is 0 Å². The number of benzene rings is 1. The van der Waals surface area contributed by atoms with Gasteiger partial charge in [-0.25, -0.2) is 4.79 Å². The van der Waals surface area contributed by atoms with Crippen LogP contribution in [0.25, 0.3) is 0 Å². The fourth-order valence-electron chi connectivity index (χ4n) is 1.91. The third-order valence-electron chi connectivity index (χ3n) is 2.82. The largest absolute Gasteiger partial charge is 0.544 e. The Morgan fingerprint density at radius 2 is 1.78 bits per heavy atom.